The molecule has 0 unspecified atom stereocenters. The zero-order valence-corrected chi connectivity index (χ0v) is 18.0. The topological polar surface area (TPSA) is 102 Å². The van der Waals surface area contributed by atoms with E-state index < -0.39 is 4.92 Å². The lowest BCUT2D eigenvalue weighted by Gasteiger charge is -2.01. The van der Waals surface area contributed by atoms with Crippen LogP contribution in [0, 0.1) is 10.1 Å². The highest BCUT2D eigenvalue weighted by Crippen LogP contribution is 2.24. The van der Waals surface area contributed by atoms with E-state index in [9.17, 15) is 14.9 Å². The van der Waals surface area contributed by atoms with Crippen molar-refractivity contribution < 1.29 is 9.72 Å². The summed E-state index contributed by atoms with van der Waals surface area (Å²) in [5.74, 6) is -0.344. The van der Waals surface area contributed by atoms with Gasteiger partial charge in [-0.1, -0.05) is 54.1 Å². The number of benzene rings is 3. The van der Waals surface area contributed by atoms with Crippen LogP contribution in [0.4, 0.5) is 5.69 Å². The van der Waals surface area contributed by atoms with E-state index in [1.165, 1.54) is 18.3 Å². The fourth-order valence-corrected chi connectivity index (χ4v) is 3.29. The third-order valence-electron chi connectivity index (χ3n) is 4.79. The summed E-state index contributed by atoms with van der Waals surface area (Å²) < 4.78 is 1.74. The summed E-state index contributed by atoms with van der Waals surface area (Å²) >= 11 is 6.02. The van der Waals surface area contributed by atoms with Crippen LogP contribution in [0.3, 0.4) is 0 Å². The number of hydrogen-bond acceptors (Lipinski definition) is 5. The lowest BCUT2D eigenvalue weighted by Crippen LogP contribution is -2.19. The van der Waals surface area contributed by atoms with Gasteiger partial charge in [0.25, 0.3) is 5.69 Å². The molecule has 0 aliphatic carbocycles. The Kier molecular flexibility index (Phi) is 6.56. The zero-order valence-electron chi connectivity index (χ0n) is 17.3. The second kappa shape index (κ2) is 9.88. The van der Waals surface area contributed by atoms with Gasteiger partial charge in [0, 0.05) is 34.5 Å². The van der Waals surface area contributed by atoms with E-state index >= 15 is 0 Å². The van der Waals surface area contributed by atoms with Crippen LogP contribution in [0.2, 0.25) is 5.02 Å². The van der Waals surface area contributed by atoms with Crippen LogP contribution in [-0.4, -0.2) is 26.8 Å². The van der Waals surface area contributed by atoms with Crippen LogP contribution in [0.1, 0.15) is 11.1 Å². The number of aromatic nitrogens is 2. The van der Waals surface area contributed by atoms with Crippen molar-refractivity contribution in [2.24, 2.45) is 5.10 Å². The van der Waals surface area contributed by atoms with Crippen molar-refractivity contribution in [3.05, 3.63) is 111 Å². The number of para-hydroxylation sites is 1. The van der Waals surface area contributed by atoms with Gasteiger partial charge < -0.3 is 0 Å². The normalized spacial score (nSPS) is 10.9. The Morgan fingerprint density at radius 2 is 1.76 bits per heavy atom. The van der Waals surface area contributed by atoms with Crippen LogP contribution in [-0.2, 0) is 11.2 Å². The Bertz CT molecular complexity index is 1300. The Labute approximate surface area is 194 Å². The number of hydrogen-bond donors (Lipinski definition) is 1. The van der Waals surface area contributed by atoms with Gasteiger partial charge in [-0.05, 0) is 29.8 Å². The first-order chi connectivity index (χ1) is 16.0. The minimum absolute atomic E-state index is 0.0256. The molecular formula is C24H18ClN5O3. The molecule has 4 rings (SSSR count). The number of nitro groups is 1. The Hall–Kier alpha value is -4.30. The van der Waals surface area contributed by atoms with Gasteiger partial charge in [0.15, 0.2) is 0 Å². The van der Waals surface area contributed by atoms with Crippen LogP contribution in [0.15, 0.2) is 90.2 Å². The summed E-state index contributed by atoms with van der Waals surface area (Å²) in [4.78, 5) is 22.5. The molecule has 8 nitrogen and oxygen atoms in total. The quantitative estimate of drug-likeness (QED) is 0.244. The van der Waals surface area contributed by atoms with Crippen molar-refractivity contribution in [3.63, 3.8) is 0 Å². The maximum atomic E-state index is 12.2. The van der Waals surface area contributed by atoms with E-state index in [1.807, 2.05) is 48.7 Å². The summed E-state index contributed by atoms with van der Waals surface area (Å²) in [6, 6.07) is 22.8. The molecule has 0 bridgehead atoms. The lowest BCUT2D eigenvalue weighted by molar-refractivity contribution is -0.384. The summed E-state index contributed by atoms with van der Waals surface area (Å²) in [6.07, 6.45) is 3.40. The van der Waals surface area contributed by atoms with Crippen LogP contribution in [0.25, 0.3) is 16.9 Å². The van der Waals surface area contributed by atoms with Gasteiger partial charge in [-0.3, -0.25) is 14.9 Å². The zero-order chi connectivity index (χ0) is 23.2. The predicted molar refractivity (Wildman–Crippen MR) is 127 cm³/mol. The van der Waals surface area contributed by atoms with Crippen LogP contribution >= 0.6 is 11.6 Å². The molecule has 0 radical (unpaired) electrons. The number of amides is 1. The van der Waals surface area contributed by atoms with Crippen molar-refractivity contribution in [1.82, 2.24) is 15.2 Å². The highest BCUT2D eigenvalue weighted by Gasteiger charge is 2.12. The molecule has 1 amide bonds. The molecule has 0 fully saturated rings. The maximum Gasteiger partial charge on any atom is 0.269 e. The summed E-state index contributed by atoms with van der Waals surface area (Å²) in [7, 11) is 0. The average molecular weight is 460 g/mol. The molecular weight excluding hydrogens is 442 g/mol. The molecule has 0 spiro atoms. The number of rotatable bonds is 7. The lowest BCUT2D eigenvalue weighted by atomic mass is 10.1. The van der Waals surface area contributed by atoms with Gasteiger partial charge in [-0.2, -0.15) is 10.2 Å². The van der Waals surface area contributed by atoms with Crippen molar-refractivity contribution >= 4 is 29.4 Å². The average Bonchev–Trinajstić information content (AvgIpc) is 3.24. The molecule has 0 saturated heterocycles. The minimum Gasteiger partial charge on any atom is -0.273 e. The van der Waals surface area contributed by atoms with Crippen LogP contribution < -0.4 is 5.43 Å². The number of nitrogens with one attached hydrogen (secondary N) is 1. The molecule has 0 aliphatic heterocycles. The molecule has 0 saturated carbocycles. The molecule has 9 heteroatoms. The van der Waals surface area contributed by atoms with Gasteiger partial charge >= 0.3 is 0 Å². The van der Waals surface area contributed by atoms with E-state index in [4.69, 9.17) is 11.6 Å². The summed E-state index contributed by atoms with van der Waals surface area (Å²) in [5, 5.41) is 20.1. The van der Waals surface area contributed by atoms with E-state index in [2.05, 4.69) is 15.6 Å². The van der Waals surface area contributed by atoms with Crippen molar-refractivity contribution in [2.75, 3.05) is 0 Å². The number of carbonyl (C=O) groups excluding carboxylic acids is 1. The van der Waals surface area contributed by atoms with Crippen molar-refractivity contribution in [1.29, 1.82) is 0 Å². The predicted octanol–water partition coefficient (Wildman–Crippen LogP) is 4.79. The highest BCUT2D eigenvalue weighted by atomic mass is 35.5. The number of non-ortho nitro benzene ring substituents is 1. The SMILES string of the molecule is O=C(Cc1ccc([N+](=O)[O-])cc1)N/N=C/c1cn(-c2ccccc2)nc1-c1ccc(Cl)cc1. The summed E-state index contributed by atoms with van der Waals surface area (Å²) in [6.45, 7) is 0. The van der Waals surface area contributed by atoms with E-state index in [-0.39, 0.29) is 18.0 Å². The number of halogens is 1. The third kappa shape index (κ3) is 5.50. The monoisotopic (exact) mass is 459 g/mol. The first kappa shape index (κ1) is 21.9. The van der Waals surface area contributed by atoms with Crippen molar-refractivity contribution in [3.8, 4) is 16.9 Å². The van der Waals surface area contributed by atoms with Crippen molar-refractivity contribution in [2.45, 2.75) is 6.42 Å². The first-order valence-electron chi connectivity index (χ1n) is 9.96. The maximum absolute atomic E-state index is 12.2. The number of nitro benzene ring substituents is 1. The highest BCUT2D eigenvalue weighted by molar-refractivity contribution is 6.30. The summed E-state index contributed by atoms with van der Waals surface area (Å²) in [5.41, 5.74) is 6.24. The standard InChI is InChI=1S/C24H18ClN5O3/c25-20-10-8-18(9-11-20)24-19(16-29(28-24)21-4-2-1-3-5-21)15-26-27-23(31)14-17-6-12-22(13-7-17)30(32)33/h1-13,15-16H,14H2,(H,27,31)/b26-15+. The molecule has 1 aromatic heterocycles. The van der Waals surface area contributed by atoms with E-state index in [0.717, 1.165) is 11.3 Å². The molecule has 1 heterocycles. The fourth-order valence-electron chi connectivity index (χ4n) is 3.16. The second-order valence-corrected chi connectivity index (χ2v) is 7.55. The second-order valence-electron chi connectivity index (χ2n) is 7.11. The number of nitrogens with zero attached hydrogens (tertiary/aromatic N) is 4. The Balaban J connectivity index is 1.52. The van der Waals surface area contributed by atoms with Gasteiger partial charge in [-0.25, -0.2) is 10.1 Å². The van der Waals surface area contributed by atoms with Gasteiger partial charge in [0.05, 0.1) is 23.2 Å². The van der Waals surface area contributed by atoms with Gasteiger partial charge in [-0.15, -0.1) is 0 Å². The molecule has 4 aromatic rings. The van der Waals surface area contributed by atoms with Crippen LogP contribution in [0.5, 0.6) is 0 Å². The smallest absolute Gasteiger partial charge is 0.269 e. The molecule has 0 atom stereocenters. The Morgan fingerprint density at radius 1 is 1.06 bits per heavy atom. The van der Waals surface area contributed by atoms with E-state index in [1.54, 1.807) is 28.9 Å². The van der Waals surface area contributed by atoms with E-state index in [0.29, 0.717) is 21.8 Å². The number of hydrazone groups is 1. The first-order valence-corrected chi connectivity index (χ1v) is 10.3. The van der Waals surface area contributed by atoms with Gasteiger partial charge in [0.1, 0.15) is 5.69 Å². The molecule has 0 aliphatic rings. The molecule has 1 N–H and O–H groups in total. The molecule has 33 heavy (non-hydrogen) atoms. The van der Waals surface area contributed by atoms with Gasteiger partial charge in [0.2, 0.25) is 5.91 Å². The number of carbonyl (C=O) groups is 1. The largest absolute Gasteiger partial charge is 0.273 e. The Morgan fingerprint density at radius 3 is 2.42 bits per heavy atom. The third-order valence-corrected chi connectivity index (χ3v) is 5.04. The molecule has 164 valence electrons. The molecule has 3 aromatic carbocycles. The fraction of sp³-hybridized carbons (Fsp3) is 0.0417. The minimum atomic E-state index is -0.484.